The Hall–Kier alpha value is -2.31. The molecule has 98 valence electrons. The van der Waals surface area contributed by atoms with E-state index in [0.717, 1.165) is 17.3 Å². The van der Waals surface area contributed by atoms with Crippen LogP contribution in [0.2, 0.25) is 0 Å². The third-order valence-corrected chi connectivity index (χ3v) is 2.42. The standard InChI is InChI=1S/C11H16N4O3/c1-8-9(7-14-15(8)2)6-13-11(18)12-5-3-4-10(16)17/h3-4,7H,5-6H2,1-2H3,(H,16,17)(H2,12,13,18)/b4-3+. The van der Waals surface area contributed by atoms with E-state index in [2.05, 4.69) is 15.7 Å². The highest BCUT2D eigenvalue weighted by atomic mass is 16.4. The van der Waals surface area contributed by atoms with Gasteiger partial charge in [-0.25, -0.2) is 9.59 Å². The number of hydrogen-bond donors (Lipinski definition) is 3. The molecule has 0 aromatic carbocycles. The maximum Gasteiger partial charge on any atom is 0.328 e. The number of carboxylic acids is 1. The maximum absolute atomic E-state index is 11.3. The number of hydrogen-bond acceptors (Lipinski definition) is 3. The molecule has 0 aliphatic rings. The molecular weight excluding hydrogens is 236 g/mol. The van der Waals surface area contributed by atoms with Gasteiger partial charge in [0.1, 0.15) is 0 Å². The number of aryl methyl sites for hydroxylation is 1. The van der Waals surface area contributed by atoms with Crippen LogP contribution in [0.1, 0.15) is 11.3 Å². The molecule has 0 atom stereocenters. The molecule has 0 aliphatic heterocycles. The van der Waals surface area contributed by atoms with Crippen molar-refractivity contribution in [3.8, 4) is 0 Å². The normalized spacial score (nSPS) is 10.6. The number of carbonyl (C=O) groups excluding carboxylic acids is 1. The van der Waals surface area contributed by atoms with Crippen molar-refractivity contribution < 1.29 is 14.7 Å². The van der Waals surface area contributed by atoms with Crippen molar-refractivity contribution in [2.24, 2.45) is 7.05 Å². The lowest BCUT2D eigenvalue weighted by molar-refractivity contribution is -0.131. The summed E-state index contributed by atoms with van der Waals surface area (Å²) in [5.74, 6) is -1.04. The molecule has 2 amide bonds. The highest BCUT2D eigenvalue weighted by Gasteiger charge is 2.04. The van der Waals surface area contributed by atoms with Gasteiger partial charge in [0.2, 0.25) is 0 Å². The quantitative estimate of drug-likeness (QED) is 0.651. The number of urea groups is 1. The average molecular weight is 252 g/mol. The van der Waals surface area contributed by atoms with Crippen LogP contribution in [0.25, 0.3) is 0 Å². The zero-order valence-corrected chi connectivity index (χ0v) is 10.3. The van der Waals surface area contributed by atoms with Crippen LogP contribution >= 0.6 is 0 Å². The molecule has 18 heavy (non-hydrogen) atoms. The van der Waals surface area contributed by atoms with Gasteiger partial charge >= 0.3 is 12.0 Å². The maximum atomic E-state index is 11.3. The summed E-state index contributed by atoms with van der Waals surface area (Å²) in [4.78, 5) is 21.5. The van der Waals surface area contributed by atoms with E-state index in [1.54, 1.807) is 10.9 Å². The number of rotatable bonds is 5. The first kappa shape index (κ1) is 13.8. The Morgan fingerprint density at radius 1 is 1.50 bits per heavy atom. The molecule has 1 aromatic rings. The van der Waals surface area contributed by atoms with E-state index in [1.165, 1.54) is 6.08 Å². The number of aliphatic carboxylic acids is 1. The Balaban J connectivity index is 2.29. The second kappa shape index (κ2) is 6.43. The van der Waals surface area contributed by atoms with E-state index in [-0.39, 0.29) is 12.6 Å². The van der Waals surface area contributed by atoms with Gasteiger partial charge < -0.3 is 15.7 Å². The van der Waals surface area contributed by atoms with Crippen LogP contribution in [-0.2, 0) is 18.4 Å². The Kier molecular flexibility index (Phi) is 4.91. The van der Waals surface area contributed by atoms with Gasteiger partial charge in [-0.15, -0.1) is 0 Å². The second-order valence-electron chi connectivity index (χ2n) is 3.68. The SMILES string of the molecule is Cc1c(CNC(=O)NC/C=C/C(=O)O)cnn1C. The van der Waals surface area contributed by atoms with Gasteiger partial charge in [0.15, 0.2) is 0 Å². The first-order chi connectivity index (χ1) is 8.50. The molecule has 0 fully saturated rings. The lowest BCUT2D eigenvalue weighted by Gasteiger charge is -2.05. The molecule has 0 radical (unpaired) electrons. The predicted octanol–water partition coefficient (Wildman–Crippen LogP) is 0.169. The highest BCUT2D eigenvalue weighted by molar-refractivity contribution is 5.80. The lowest BCUT2D eigenvalue weighted by Crippen LogP contribution is -2.35. The van der Waals surface area contributed by atoms with Gasteiger partial charge in [-0.05, 0) is 6.92 Å². The largest absolute Gasteiger partial charge is 0.478 e. The monoisotopic (exact) mass is 252 g/mol. The fraction of sp³-hybridized carbons (Fsp3) is 0.364. The first-order valence-corrected chi connectivity index (χ1v) is 5.39. The molecule has 7 nitrogen and oxygen atoms in total. The zero-order chi connectivity index (χ0) is 13.5. The average Bonchev–Trinajstić information content (AvgIpc) is 2.63. The van der Waals surface area contributed by atoms with Crippen LogP contribution in [0.15, 0.2) is 18.3 Å². The molecular formula is C11H16N4O3. The fourth-order valence-corrected chi connectivity index (χ4v) is 1.27. The molecule has 0 saturated heterocycles. The number of aromatic nitrogens is 2. The Morgan fingerprint density at radius 2 is 2.22 bits per heavy atom. The first-order valence-electron chi connectivity index (χ1n) is 5.39. The molecule has 0 unspecified atom stereocenters. The highest BCUT2D eigenvalue weighted by Crippen LogP contribution is 2.04. The predicted molar refractivity (Wildman–Crippen MR) is 65.0 cm³/mol. The Morgan fingerprint density at radius 3 is 2.78 bits per heavy atom. The van der Waals surface area contributed by atoms with E-state index in [4.69, 9.17) is 5.11 Å². The summed E-state index contributed by atoms with van der Waals surface area (Å²) in [6.45, 7) is 2.47. The molecule has 0 bridgehead atoms. The topological polar surface area (TPSA) is 96.2 Å². The van der Waals surface area contributed by atoms with Gasteiger partial charge in [-0.2, -0.15) is 5.10 Å². The van der Waals surface area contributed by atoms with Crippen molar-refractivity contribution in [1.29, 1.82) is 0 Å². The number of carboxylic acid groups (broad SMARTS) is 1. The van der Waals surface area contributed by atoms with Crippen LogP contribution in [0.5, 0.6) is 0 Å². The van der Waals surface area contributed by atoms with Crippen molar-refractivity contribution in [2.75, 3.05) is 6.54 Å². The van der Waals surface area contributed by atoms with Crippen molar-refractivity contribution in [3.05, 3.63) is 29.6 Å². The summed E-state index contributed by atoms with van der Waals surface area (Å²) in [6.07, 6.45) is 4.03. The molecule has 0 spiro atoms. The number of amides is 2. The summed E-state index contributed by atoms with van der Waals surface area (Å²) in [7, 11) is 1.83. The summed E-state index contributed by atoms with van der Waals surface area (Å²) >= 11 is 0. The van der Waals surface area contributed by atoms with Crippen molar-refractivity contribution in [1.82, 2.24) is 20.4 Å². The third kappa shape index (κ3) is 4.28. The Bertz CT molecular complexity index is 465. The molecule has 0 saturated carbocycles. The van der Waals surface area contributed by atoms with E-state index in [1.807, 2.05) is 14.0 Å². The summed E-state index contributed by atoms with van der Waals surface area (Å²) in [6, 6.07) is -0.353. The minimum absolute atomic E-state index is 0.171. The summed E-state index contributed by atoms with van der Waals surface area (Å²) < 4.78 is 1.73. The molecule has 7 heteroatoms. The van der Waals surface area contributed by atoms with E-state index >= 15 is 0 Å². The van der Waals surface area contributed by atoms with Crippen LogP contribution < -0.4 is 10.6 Å². The van der Waals surface area contributed by atoms with Gasteiger partial charge in [0.25, 0.3) is 0 Å². The van der Waals surface area contributed by atoms with E-state index < -0.39 is 5.97 Å². The Labute approximate surface area is 104 Å². The summed E-state index contributed by atoms with van der Waals surface area (Å²) in [5, 5.41) is 17.6. The van der Waals surface area contributed by atoms with Crippen molar-refractivity contribution in [2.45, 2.75) is 13.5 Å². The molecule has 1 rings (SSSR count). The van der Waals surface area contributed by atoms with E-state index in [9.17, 15) is 9.59 Å². The van der Waals surface area contributed by atoms with Crippen molar-refractivity contribution in [3.63, 3.8) is 0 Å². The molecule has 0 aliphatic carbocycles. The van der Waals surface area contributed by atoms with Crippen molar-refractivity contribution >= 4 is 12.0 Å². The van der Waals surface area contributed by atoms with Gasteiger partial charge in [-0.3, -0.25) is 4.68 Å². The molecule has 3 N–H and O–H groups in total. The van der Waals surface area contributed by atoms with Crippen LogP contribution in [-0.4, -0.2) is 33.4 Å². The van der Waals surface area contributed by atoms with Gasteiger partial charge in [0.05, 0.1) is 6.20 Å². The van der Waals surface area contributed by atoms with Crippen LogP contribution in [0.3, 0.4) is 0 Å². The molecule has 1 heterocycles. The van der Waals surface area contributed by atoms with Gasteiger partial charge in [0, 0.05) is 37.5 Å². The zero-order valence-electron chi connectivity index (χ0n) is 10.3. The van der Waals surface area contributed by atoms with Crippen LogP contribution in [0.4, 0.5) is 4.79 Å². The summed E-state index contributed by atoms with van der Waals surface area (Å²) in [5.41, 5.74) is 1.93. The number of carbonyl (C=O) groups is 2. The van der Waals surface area contributed by atoms with Crippen LogP contribution in [0, 0.1) is 6.92 Å². The lowest BCUT2D eigenvalue weighted by atomic mass is 10.2. The minimum atomic E-state index is -1.04. The third-order valence-electron chi connectivity index (χ3n) is 2.42. The number of nitrogens with zero attached hydrogens (tertiary/aromatic N) is 2. The van der Waals surface area contributed by atoms with E-state index in [0.29, 0.717) is 6.54 Å². The second-order valence-corrected chi connectivity index (χ2v) is 3.68. The van der Waals surface area contributed by atoms with Gasteiger partial charge in [-0.1, -0.05) is 6.08 Å². The molecule has 1 aromatic heterocycles. The smallest absolute Gasteiger partial charge is 0.328 e. The minimum Gasteiger partial charge on any atom is -0.478 e. The number of nitrogens with one attached hydrogen (secondary N) is 2. The fourth-order valence-electron chi connectivity index (χ4n) is 1.27.